The van der Waals surface area contributed by atoms with Gasteiger partial charge in [0.05, 0.1) is 23.4 Å². The van der Waals surface area contributed by atoms with E-state index in [1.54, 1.807) is 12.1 Å². The van der Waals surface area contributed by atoms with E-state index >= 15 is 0 Å². The molecule has 3 rings (SSSR count). The van der Waals surface area contributed by atoms with Crippen LogP contribution in [0.2, 0.25) is 0 Å². The van der Waals surface area contributed by atoms with Crippen LogP contribution in [0, 0.1) is 11.6 Å². The summed E-state index contributed by atoms with van der Waals surface area (Å²) < 4.78 is 26.4. The maximum Gasteiger partial charge on any atom is 0.266 e. The number of amides is 2. The number of nitrogens with zero attached hydrogens (tertiary/aromatic N) is 1. The number of aliphatic hydroxyl groups excluding tert-OH is 1. The molecular weight excluding hydrogens is 280 g/mol. The van der Waals surface area contributed by atoms with E-state index in [1.807, 2.05) is 0 Å². The Bertz CT molecular complexity index is 715. The Hall–Kier alpha value is -2.60. The number of fused-ring (bicyclic) bond motifs is 1. The molecular formula is C15H9F2NO3. The monoisotopic (exact) mass is 289 g/mol. The van der Waals surface area contributed by atoms with Gasteiger partial charge in [0.25, 0.3) is 11.8 Å². The molecule has 0 bridgehead atoms. The molecule has 1 heterocycles. The van der Waals surface area contributed by atoms with Gasteiger partial charge in [-0.25, -0.2) is 13.7 Å². The van der Waals surface area contributed by atoms with Crippen molar-refractivity contribution in [2.45, 2.75) is 6.61 Å². The quantitative estimate of drug-likeness (QED) is 0.863. The van der Waals surface area contributed by atoms with Gasteiger partial charge >= 0.3 is 0 Å². The van der Waals surface area contributed by atoms with Gasteiger partial charge in [0.1, 0.15) is 0 Å². The van der Waals surface area contributed by atoms with Crippen LogP contribution in [0.5, 0.6) is 0 Å². The molecule has 2 amide bonds. The fourth-order valence-electron chi connectivity index (χ4n) is 2.22. The average molecular weight is 289 g/mol. The van der Waals surface area contributed by atoms with E-state index in [0.29, 0.717) is 5.56 Å². The molecule has 0 aliphatic carbocycles. The number of carbonyl (C=O) groups excluding carboxylic acids is 2. The van der Waals surface area contributed by atoms with Crippen molar-refractivity contribution in [3.8, 4) is 0 Å². The van der Waals surface area contributed by atoms with Crippen LogP contribution in [0.15, 0.2) is 36.4 Å². The molecule has 21 heavy (non-hydrogen) atoms. The molecule has 1 aliphatic rings. The van der Waals surface area contributed by atoms with Crippen LogP contribution in [0.4, 0.5) is 14.5 Å². The lowest BCUT2D eigenvalue weighted by Gasteiger charge is -2.13. The first-order chi connectivity index (χ1) is 10.0. The molecule has 0 atom stereocenters. The highest BCUT2D eigenvalue weighted by molar-refractivity contribution is 6.34. The van der Waals surface area contributed by atoms with E-state index < -0.39 is 23.4 Å². The van der Waals surface area contributed by atoms with E-state index in [9.17, 15) is 18.4 Å². The van der Waals surface area contributed by atoms with Crippen molar-refractivity contribution in [3.63, 3.8) is 0 Å². The van der Waals surface area contributed by atoms with Crippen LogP contribution in [0.25, 0.3) is 0 Å². The van der Waals surface area contributed by atoms with Gasteiger partial charge in [-0.3, -0.25) is 9.59 Å². The smallest absolute Gasteiger partial charge is 0.266 e. The van der Waals surface area contributed by atoms with Gasteiger partial charge in [0.15, 0.2) is 11.6 Å². The first kappa shape index (κ1) is 13.4. The molecule has 2 aromatic carbocycles. The SMILES string of the molecule is O=C1c2cc(F)c(F)cc2C(=O)N1c1ccc(CO)cc1. The van der Waals surface area contributed by atoms with Gasteiger partial charge in [-0.05, 0) is 29.8 Å². The van der Waals surface area contributed by atoms with Crippen LogP contribution < -0.4 is 4.90 Å². The minimum absolute atomic E-state index is 0.162. The minimum Gasteiger partial charge on any atom is -0.392 e. The third-order valence-corrected chi connectivity index (χ3v) is 3.30. The molecule has 0 unspecified atom stereocenters. The molecule has 0 spiro atoms. The summed E-state index contributed by atoms with van der Waals surface area (Å²) in [7, 11) is 0. The number of hydrogen-bond acceptors (Lipinski definition) is 3. The predicted molar refractivity (Wildman–Crippen MR) is 69.9 cm³/mol. The second-order valence-electron chi connectivity index (χ2n) is 4.58. The maximum atomic E-state index is 13.2. The van der Waals surface area contributed by atoms with E-state index in [4.69, 9.17) is 5.11 Å². The molecule has 0 fully saturated rings. The van der Waals surface area contributed by atoms with E-state index in [2.05, 4.69) is 0 Å². The van der Waals surface area contributed by atoms with E-state index in [1.165, 1.54) is 12.1 Å². The summed E-state index contributed by atoms with van der Waals surface area (Å²) in [5.74, 6) is -3.75. The summed E-state index contributed by atoms with van der Waals surface area (Å²) in [6.07, 6.45) is 0. The number of benzene rings is 2. The molecule has 0 aromatic heterocycles. The molecule has 1 N–H and O–H groups in total. The number of imide groups is 1. The van der Waals surface area contributed by atoms with Crippen molar-refractivity contribution in [2.75, 3.05) is 4.90 Å². The minimum atomic E-state index is -1.17. The number of hydrogen-bond donors (Lipinski definition) is 1. The first-order valence-corrected chi connectivity index (χ1v) is 6.10. The molecule has 106 valence electrons. The Balaban J connectivity index is 2.06. The van der Waals surface area contributed by atoms with Crippen LogP contribution in [-0.4, -0.2) is 16.9 Å². The number of aliphatic hydroxyl groups is 1. The van der Waals surface area contributed by atoms with Gasteiger partial charge in [-0.15, -0.1) is 0 Å². The Morgan fingerprint density at radius 2 is 1.38 bits per heavy atom. The van der Waals surface area contributed by atoms with Crippen molar-refractivity contribution in [1.82, 2.24) is 0 Å². The summed E-state index contributed by atoms with van der Waals surface area (Å²) in [6.45, 7) is -0.168. The van der Waals surface area contributed by atoms with Gasteiger partial charge in [0.2, 0.25) is 0 Å². The topological polar surface area (TPSA) is 57.6 Å². The molecule has 4 nitrogen and oxygen atoms in total. The third kappa shape index (κ3) is 2.00. The molecule has 6 heteroatoms. The Kier molecular flexibility index (Phi) is 3.03. The van der Waals surface area contributed by atoms with Crippen LogP contribution in [0.3, 0.4) is 0 Å². The first-order valence-electron chi connectivity index (χ1n) is 6.10. The van der Waals surface area contributed by atoms with Crippen LogP contribution >= 0.6 is 0 Å². The van der Waals surface area contributed by atoms with Gasteiger partial charge in [-0.2, -0.15) is 0 Å². The van der Waals surface area contributed by atoms with E-state index in [-0.39, 0.29) is 23.4 Å². The highest BCUT2D eigenvalue weighted by Gasteiger charge is 2.37. The summed E-state index contributed by atoms with van der Waals surface area (Å²) >= 11 is 0. The zero-order valence-corrected chi connectivity index (χ0v) is 10.6. The van der Waals surface area contributed by atoms with Crippen molar-refractivity contribution < 1.29 is 23.5 Å². The summed E-state index contributed by atoms with van der Waals surface area (Å²) in [5, 5.41) is 8.97. The zero-order valence-electron chi connectivity index (χ0n) is 10.6. The maximum absolute atomic E-state index is 13.2. The Morgan fingerprint density at radius 3 is 1.81 bits per heavy atom. The third-order valence-electron chi connectivity index (χ3n) is 3.30. The van der Waals surface area contributed by atoms with Crippen LogP contribution in [-0.2, 0) is 6.61 Å². The second kappa shape index (κ2) is 4.75. The normalized spacial score (nSPS) is 13.8. The van der Waals surface area contributed by atoms with Crippen molar-refractivity contribution in [2.24, 2.45) is 0 Å². The van der Waals surface area contributed by atoms with Gasteiger partial charge in [-0.1, -0.05) is 12.1 Å². The van der Waals surface area contributed by atoms with Crippen molar-refractivity contribution >= 4 is 17.5 Å². The number of rotatable bonds is 2. The van der Waals surface area contributed by atoms with Gasteiger partial charge < -0.3 is 5.11 Å². The number of halogens is 2. The standard InChI is InChI=1S/C15H9F2NO3/c16-12-5-10-11(6-13(12)17)15(21)18(14(10)20)9-3-1-8(7-19)2-4-9/h1-6,19H,7H2. The molecule has 2 aromatic rings. The number of carbonyl (C=O) groups is 2. The average Bonchev–Trinajstić information content (AvgIpc) is 2.72. The predicted octanol–water partition coefficient (Wildman–Crippen LogP) is 2.26. The second-order valence-corrected chi connectivity index (χ2v) is 4.58. The lowest BCUT2D eigenvalue weighted by molar-refractivity contribution is 0.0926. The van der Waals surface area contributed by atoms with Crippen LogP contribution in [0.1, 0.15) is 26.3 Å². The summed E-state index contributed by atoms with van der Waals surface area (Å²) in [5.41, 5.74) is 0.571. The van der Waals surface area contributed by atoms with Crippen molar-refractivity contribution in [3.05, 3.63) is 64.7 Å². The van der Waals surface area contributed by atoms with Crippen molar-refractivity contribution in [1.29, 1.82) is 0 Å². The Labute approximate surface area is 118 Å². The Morgan fingerprint density at radius 1 is 0.905 bits per heavy atom. The highest BCUT2D eigenvalue weighted by atomic mass is 19.2. The lowest BCUT2D eigenvalue weighted by atomic mass is 10.1. The molecule has 0 saturated carbocycles. The zero-order chi connectivity index (χ0) is 15.1. The van der Waals surface area contributed by atoms with E-state index in [0.717, 1.165) is 17.0 Å². The highest BCUT2D eigenvalue weighted by Crippen LogP contribution is 2.29. The summed E-state index contributed by atoms with van der Waals surface area (Å²) in [6, 6.07) is 7.54. The summed E-state index contributed by atoms with van der Waals surface area (Å²) in [4.78, 5) is 25.2. The fourth-order valence-corrected chi connectivity index (χ4v) is 2.22. The molecule has 0 radical (unpaired) electrons. The molecule has 0 saturated heterocycles. The molecule has 1 aliphatic heterocycles. The lowest BCUT2D eigenvalue weighted by Crippen LogP contribution is -2.29. The van der Waals surface area contributed by atoms with Gasteiger partial charge in [0, 0.05) is 0 Å². The number of anilines is 1. The fraction of sp³-hybridized carbons (Fsp3) is 0.0667. The largest absolute Gasteiger partial charge is 0.392 e.